The quantitative estimate of drug-likeness (QED) is 0.581. The van der Waals surface area contributed by atoms with Crippen molar-refractivity contribution in [3.05, 3.63) is 32.9 Å². The van der Waals surface area contributed by atoms with Crippen LogP contribution in [-0.4, -0.2) is 21.6 Å². The molecule has 0 fully saturated rings. The number of carbonyl (C=O) groups is 1. The predicted octanol–water partition coefficient (Wildman–Crippen LogP) is 3.50. The Balaban J connectivity index is 3.03. The van der Waals surface area contributed by atoms with Gasteiger partial charge < -0.3 is 0 Å². The SMILES string of the molecule is CC(C)(C)N(O)C=C1C=C(Br)C=C(Br)C1=O. The van der Waals surface area contributed by atoms with Crippen LogP contribution < -0.4 is 0 Å². The van der Waals surface area contributed by atoms with E-state index in [4.69, 9.17) is 0 Å². The fraction of sp³-hybridized carbons (Fsp3) is 0.364. The molecule has 0 unspecified atom stereocenters. The molecule has 1 aliphatic rings. The van der Waals surface area contributed by atoms with E-state index >= 15 is 0 Å². The van der Waals surface area contributed by atoms with Crippen LogP contribution in [0.4, 0.5) is 0 Å². The van der Waals surface area contributed by atoms with Crippen LogP contribution in [-0.2, 0) is 4.79 Å². The van der Waals surface area contributed by atoms with Gasteiger partial charge in [0.25, 0.3) is 0 Å². The number of hydrogen-bond donors (Lipinski definition) is 1. The maximum atomic E-state index is 11.7. The molecule has 0 heterocycles. The standard InChI is InChI=1S/C11H13Br2NO2/c1-11(2,3)14(16)6-7-4-8(12)5-9(13)10(7)15/h4-6,16H,1-3H3. The van der Waals surface area contributed by atoms with Gasteiger partial charge in [0, 0.05) is 16.3 Å². The Morgan fingerprint density at radius 2 is 1.88 bits per heavy atom. The maximum Gasteiger partial charge on any atom is 0.201 e. The molecule has 0 atom stereocenters. The van der Waals surface area contributed by atoms with Crippen molar-refractivity contribution in [2.24, 2.45) is 0 Å². The molecule has 1 rings (SSSR count). The van der Waals surface area contributed by atoms with Crippen molar-refractivity contribution in [2.75, 3.05) is 0 Å². The summed E-state index contributed by atoms with van der Waals surface area (Å²) in [5, 5.41) is 10.8. The third kappa shape index (κ3) is 3.30. The van der Waals surface area contributed by atoms with E-state index in [0.29, 0.717) is 10.1 Å². The second-order valence-electron chi connectivity index (χ2n) is 4.45. The summed E-state index contributed by atoms with van der Waals surface area (Å²) >= 11 is 6.47. The molecule has 0 bridgehead atoms. The van der Waals surface area contributed by atoms with Gasteiger partial charge in [0.2, 0.25) is 5.78 Å². The number of allylic oxidation sites excluding steroid dienone is 5. The predicted molar refractivity (Wildman–Crippen MR) is 70.5 cm³/mol. The van der Waals surface area contributed by atoms with Gasteiger partial charge in [-0.25, -0.2) is 0 Å². The van der Waals surface area contributed by atoms with E-state index in [1.165, 1.54) is 6.20 Å². The van der Waals surface area contributed by atoms with E-state index in [2.05, 4.69) is 31.9 Å². The Morgan fingerprint density at radius 3 is 2.38 bits per heavy atom. The van der Waals surface area contributed by atoms with Crippen LogP contribution >= 0.6 is 31.9 Å². The van der Waals surface area contributed by atoms with Crippen molar-refractivity contribution in [3.63, 3.8) is 0 Å². The zero-order chi connectivity index (χ0) is 12.5. The Kier molecular flexibility index (Phi) is 4.15. The minimum Gasteiger partial charge on any atom is -0.288 e. The lowest BCUT2D eigenvalue weighted by atomic mass is 10.1. The number of carbonyl (C=O) groups excluding carboxylic acids is 1. The fourth-order valence-corrected chi connectivity index (χ4v) is 2.26. The monoisotopic (exact) mass is 349 g/mol. The largest absolute Gasteiger partial charge is 0.288 e. The Labute approximate surface area is 112 Å². The average Bonchev–Trinajstić information content (AvgIpc) is 2.11. The zero-order valence-corrected chi connectivity index (χ0v) is 12.5. The second kappa shape index (κ2) is 4.85. The first-order chi connectivity index (χ1) is 7.21. The topological polar surface area (TPSA) is 40.5 Å². The molecule has 1 N–H and O–H groups in total. The summed E-state index contributed by atoms with van der Waals surface area (Å²) in [4.78, 5) is 11.7. The summed E-state index contributed by atoms with van der Waals surface area (Å²) < 4.78 is 1.25. The number of rotatable bonds is 1. The average molecular weight is 351 g/mol. The van der Waals surface area contributed by atoms with E-state index < -0.39 is 5.54 Å². The summed E-state index contributed by atoms with van der Waals surface area (Å²) in [5.74, 6) is -0.147. The van der Waals surface area contributed by atoms with Gasteiger partial charge in [-0.3, -0.25) is 15.1 Å². The van der Waals surface area contributed by atoms with E-state index in [1.807, 2.05) is 20.8 Å². The van der Waals surface area contributed by atoms with Crippen LogP contribution in [0, 0.1) is 0 Å². The third-order valence-corrected chi connectivity index (χ3v) is 3.03. The summed E-state index contributed by atoms with van der Waals surface area (Å²) in [6, 6.07) is 0. The molecular weight excluding hydrogens is 338 g/mol. The van der Waals surface area contributed by atoms with Gasteiger partial charge in [0.15, 0.2) is 0 Å². The number of ketones is 1. The number of hydrogen-bond acceptors (Lipinski definition) is 3. The lowest BCUT2D eigenvalue weighted by molar-refractivity contribution is -0.116. The van der Waals surface area contributed by atoms with Gasteiger partial charge in [-0.1, -0.05) is 15.9 Å². The molecule has 0 aliphatic heterocycles. The van der Waals surface area contributed by atoms with Crippen LogP contribution in [0.3, 0.4) is 0 Å². The molecule has 0 aromatic rings. The fourth-order valence-electron chi connectivity index (χ4n) is 1.00. The maximum absolute atomic E-state index is 11.7. The molecule has 0 aromatic heterocycles. The minimum absolute atomic E-state index is 0.147. The molecule has 88 valence electrons. The lowest BCUT2D eigenvalue weighted by Crippen LogP contribution is -2.35. The number of Topliss-reactive ketones (excluding diaryl/α,β-unsaturated/α-hetero) is 1. The van der Waals surface area contributed by atoms with Gasteiger partial charge in [0.1, 0.15) is 0 Å². The van der Waals surface area contributed by atoms with Crippen molar-refractivity contribution in [3.8, 4) is 0 Å². The first-order valence-electron chi connectivity index (χ1n) is 4.71. The molecule has 0 saturated heterocycles. The van der Waals surface area contributed by atoms with E-state index in [-0.39, 0.29) is 5.78 Å². The first kappa shape index (κ1) is 13.7. The van der Waals surface area contributed by atoms with Crippen molar-refractivity contribution in [2.45, 2.75) is 26.3 Å². The summed E-state index contributed by atoms with van der Waals surface area (Å²) in [7, 11) is 0. The van der Waals surface area contributed by atoms with Crippen LogP contribution in [0.25, 0.3) is 0 Å². The van der Waals surface area contributed by atoms with Crippen molar-refractivity contribution in [1.82, 2.24) is 5.06 Å². The van der Waals surface area contributed by atoms with Gasteiger partial charge >= 0.3 is 0 Å². The highest BCUT2D eigenvalue weighted by Gasteiger charge is 2.21. The van der Waals surface area contributed by atoms with Gasteiger partial charge in [-0.2, -0.15) is 0 Å². The summed E-state index contributed by atoms with van der Waals surface area (Å²) in [6.45, 7) is 5.54. The minimum atomic E-state index is -0.443. The van der Waals surface area contributed by atoms with Gasteiger partial charge in [-0.15, -0.1) is 0 Å². The smallest absolute Gasteiger partial charge is 0.201 e. The zero-order valence-electron chi connectivity index (χ0n) is 9.29. The Morgan fingerprint density at radius 1 is 1.31 bits per heavy atom. The van der Waals surface area contributed by atoms with Crippen LogP contribution in [0.15, 0.2) is 32.9 Å². The van der Waals surface area contributed by atoms with Gasteiger partial charge in [0.05, 0.1) is 10.0 Å². The van der Waals surface area contributed by atoms with Crippen LogP contribution in [0.5, 0.6) is 0 Å². The molecule has 0 aromatic carbocycles. The van der Waals surface area contributed by atoms with Crippen molar-refractivity contribution < 1.29 is 10.0 Å². The molecule has 5 heteroatoms. The molecule has 16 heavy (non-hydrogen) atoms. The lowest BCUT2D eigenvalue weighted by Gasteiger charge is -2.28. The number of nitrogens with zero attached hydrogens (tertiary/aromatic N) is 1. The van der Waals surface area contributed by atoms with E-state index in [9.17, 15) is 10.0 Å². The number of halogens is 2. The molecule has 0 radical (unpaired) electrons. The highest BCUT2D eigenvalue weighted by Crippen LogP contribution is 2.27. The van der Waals surface area contributed by atoms with Crippen molar-refractivity contribution in [1.29, 1.82) is 0 Å². The molecule has 0 amide bonds. The summed E-state index contributed by atoms with van der Waals surface area (Å²) in [6.07, 6.45) is 4.78. The highest BCUT2D eigenvalue weighted by atomic mass is 79.9. The van der Waals surface area contributed by atoms with Gasteiger partial charge in [-0.05, 0) is 48.9 Å². The number of hydroxylamine groups is 2. The summed E-state index contributed by atoms with van der Waals surface area (Å²) in [5.41, 5.74) is -0.0139. The Hall–Kier alpha value is -0.390. The highest BCUT2D eigenvalue weighted by molar-refractivity contribution is 9.12. The molecule has 1 aliphatic carbocycles. The molecular formula is C11H13Br2NO2. The normalized spacial score (nSPS) is 19.6. The second-order valence-corrected chi connectivity index (χ2v) is 6.22. The Bertz CT molecular complexity index is 403. The first-order valence-corrected chi connectivity index (χ1v) is 6.29. The van der Waals surface area contributed by atoms with Crippen molar-refractivity contribution >= 4 is 37.6 Å². The van der Waals surface area contributed by atoms with E-state index in [1.54, 1.807) is 12.2 Å². The van der Waals surface area contributed by atoms with Crippen LogP contribution in [0.1, 0.15) is 20.8 Å². The molecule has 0 saturated carbocycles. The van der Waals surface area contributed by atoms with E-state index in [0.717, 1.165) is 9.55 Å². The van der Waals surface area contributed by atoms with Crippen LogP contribution in [0.2, 0.25) is 0 Å². The third-order valence-electron chi connectivity index (χ3n) is 1.99. The molecule has 0 spiro atoms. The molecule has 3 nitrogen and oxygen atoms in total.